The van der Waals surface area contributed by atoms with Crippen LogP contribution in [0.5, 0.6) is 11.5 Å². The minimum Gasteiger partial charge on any atom is -0.493 e. The van der Waals surface area contributed by atoms with E-state index in [1.165, 1.54) is 0 Å². The topological polar surface area (TPSA) is 64.8 Å². The Morgan fingerprint density at radius 3 is 2.80 bits per heavy atom. The second kappa shape index (κ2) is 9.49. The van der Waals surface area contributed by atoms with Gasteiger partial charge in [-0.3, -0.25) is 4.90 Å². The van der Waals surface area contributed by atoms with E-state index in [1.54, 1.807) is 7.11 Å². The fourth-order valence-electron chi connectivity index (χ4n) is 3.99. The summed E-state index contributed by atoms with van der Waals surface area (Å²) in [5.74, 6) is 2.70. The first-order valence-corrected chi connectivity index (χ1v) is 10.6. The standard InChI is InChI=1S/C23H25ClN2O4/c1-28-22-14-16(8-12-27)2-5-21(22)29-13-11-26-9-6-17(7-10-26)23-19-4-3-18(24)15-20(19)25-30-23/h2-5,12,14-15,17H,6-11,13H2,1H3. The van der Waals surface area contributed by atoms with Gasteiger partial charge >= 0.3 is 0 Å². The first-order chi connectivity index (χ1) is 14.7. The number of likely N-dealkylation sites (tertiary alicyclic amines) is 1. The van der Waals surface area contributed by atoms with Crippen molar-refractivity contribution in [3.8, 4) is 11.5 Å². The highest BCUT2D eigenvalue weighted by Gasteiger charge is 2.25. The first-order valence-electron chi connectivity index (χ1n) is 10.2. The predicted molar refractivity (Wildman–Crippen MR) is 116 cm³/mol. The van der Waals surface area contributed by atoms with E-state index in [2.05, 4.69) is 10.1 Å². The van der Waals surface area contributed by atoms with E-state index >= 15 is 0 Å². The maximum atomic E-state index is 10.7. The number of aromatic nitrogens is 1. The Labute approximate surface area is 180 Å². The van der Waals surface area contributed by atoms with Gasteiger partial charge < -0.3 is 18.8 Å². The van der Waals surface area contributed by atoms with Gasteiger partial charge in [0, 0.05) is 29.3 Å². The summed E-state index contributed by atoms with van der Waals surface area (Å²) in [6.45, 7) is 3.40. The molecule has 0 radical (unpaired) electrons. The molecule has 3 aromatic rings. The molecule has 2 aromatic carbocycles. The van der Waals surface area contributed by atoms with Gasteiger partial charge in [0.1, 0.15) is 24.2 Å². The summed E-state index contributed by atoms with van der Waals surface area (Å²) in [5, 5.41) is 5.90. The van der Waals surface area contributed by atoms with Crippen LogP contribution >= 0.6 is 11.6 Å². The summed E-state index contributed by atoms with van der Waals surface area (Å²) in [6.07, 6.45) is 3.31. The van der Waals surface area contributed by atoms with Crippen molar-refractivity contribution in [1.82, 2.24) is 10.1 Å². The molecule has 0 saturated carbocycles. The number of carbonyl (C=O) groups is 1. The van der Waals surface area contributed by atoms with Crippen LogP contribution in [0.2, 0.25) is 5.02 Å². The summed E-state index contributed by atoms with van der Waals surface area (Å²) in [7, 11) is 1.61. The molecule has 0 amide bonds. The van der Waals surface area contributed by atoms with Gasteiger partial charge in [-0.25, -0.2) is 0 Å². The molecule has 7 heteroatoms. The minimum absolute atomic E-state index is 0.374. The van der Waals surface area contributed by atoms with E-state index in [9.17, 15) is 4.79 Å². The Kier molecular flexibility index (Phi) is 6.55. The maximum absolute atomic E-state index is 10.7. The number of ether oxygens (including phenoxy) is 2. The van der Waals surface area contributed by atoms with Gasteiger partial charge in [-0.1, -0.05) is 22.8 Å². The molecule has 0 bridgehead atoms. The molecule has 30 heavy (non-hydrogen) atoms. The van der Waals surface area contributed by atoms with E-state index in [1.807, 2.05) is 36.4 Å². The third-order valence-electron chi connectivity index (χ3n) is 5.64. The van der Waals surface area contributed by atoms with Crippen LogP contribution in [0, 0.1) is 0 Å². The lowest BCUT2D eigenvalue weighted by Gasteiger charge is -2.30. The number of halogens is 1. The van der Waals surface area contributed by atoms with Crippen molar-refractivity contribution in [3.05, 3.63) is 52.7 Å². The third kappa shape index (κ3) is 4.60. The number of hydrogen-bond donors (Lipinski definition) is 0. The summed E-state index contributed by atoms with van der Waals surface area (Å²) in [5.41, 5.74) is 1.74. The predicted octanol–water partition coefficient (Wildman–Crippen LogP) is 4.49. The normalized spacial score (nSPS) is 15.4. The molecule has 1 saturated heterocycles. The molecule has 0 spiro atoms. The van der Waals surface area contributed by atoms with Gasteiger partial charge in [-0.2, -0.15) is 0 Å². The second-order valence-electron chi connectivity index (χ2n) is 7.53. The molecule has 1 aliphatic heterocycles. The highest BCUT2D eigenvalue weighted by atomic mass is 35.5. The number of piperidine rings is 1. The molecular formula is C23H25ClN2O4. The van der Waals surface area contributed by atoms with Crippen molar-refractivity contribution in [1.29, 1.82) is 0 Å². The van der Waals surface area contributed by atoms with E-state index < -0.39 is 0 Å². The van der Waals surface area contributed by atoms with Crippen LogP contribution in [-0.2, 0) is 11.2 Å². The van der Waals surface area contributed by atoms with Crippen LogP contribution < -0.4 is 9.47 Å². The molecule has 0 N–H and O–H groups in total. The van der Waals surface area contributed by atoms with Crippen LogP contribution in [0.1, 0.15) is 30.1 Å². The van der Waals surface area contributed by atoms with Gasteiger partial charge in [0.05, 0.1) is 7.11 Å². The number of carbonyl (C=O) groups excluding carboxylic acids is 1. The molecule has 4 rings (SSSR count). The van der Waals surface area contributed by atoms with Crippen LogP contribution in [-0.4, -0.2) is 49.7 Å². The van der Waals surface area contributed by atoms with Crippen molar-refractivity contribution in [2.24, 2.45) is 0 Å². The van der Waals surface area contributed by atoms with Crippen molar-refractivity contribution < 1.29 is 18.8 Å². The molecule has 0 aliphatic carbocycles. The van der Waals surface area contributed by atoms with Gasteiger partial charge in [0.15, 0.2) is 11.5 Å². The second-order valence-corrected chi connectivity index (χ2v) is 7.97. The van der Waals surface area contributed by atoms with E-state index in [-0.39, 0.29) is 0 Å². The monoisotopic (exact) mass is 428 g/mol. The Hall–Kier alpha value is -2.57. The zero-order valence-corrected chi connectivity index (χ0v) is 17.7. The Morgan fingerprint density at radius 2 is 2.03 bits per heavy atom. The van der Waals surface area contributed by atoms with Gasteiger partial charge in [0.2, 0.25) is 0 Å². The number of nitrogens with zero attached hydrogens (tertiary/aromatic N) is 2. The van der Waals surface area contributed by atoms with Crippen LogP contribution in [0.3, 0.4) is 0 Å². The fourth-order valence-corrected chi connectivity index (χ4v) is 4.15. The van der Waals surface area contributed by atoms with E-state index in [0.717, 1.165) is 61.0 Å². The van der Waals surface area contributed by atoms with Gasteiger partial charge in [-0.15, -0.1) is 0 Å². The molecule has 158 valence electrons. The zero-order chi connectivity index (χ0) is 20.9. The van der Waals surface area contributed by atoms with Crippen molar-refractivity contribution >= 4 is 28.8 Å². The molecule has 0 atom stereocenters. The minimum atomic E-state index is 0.374. The van der Waals surface area contributed by atoms with Crippen molar-refractivity contribution in [2.75, 3.05) is 33.4 Å². The summed E-state index contributed by atoms with van der Waals surface area (Å²) >= 11 is 6.04. The van der Waals surface area contributed by atoms with Crippen LogP contribution in [0.15, 0.2) is 40.9 Å². The molecule has 1 aliphatic rings. The molecular weight excluding hydrogens is 404 g/mol. The Balaban J connectivity index is 1.28. The van der Waals surface area contributed by atoms with E-state index in [0.29, 0.717) is 35.5 Å². The van der Waals surface area contributed by atoms with Crippen LogP contribution in [0.25, 0.3) is 10.9 Å². The molecule has 1 fully saturated rings. The largest absolute Gasteiger partial charge is 0.493 e. The fraction of sp³-hybridized carbons (Fsp3) is 0.391. The number of benzene rings is 2. The number of rotatable bonds is 8. The van der Waals surface area contributed by atoms with Crippen LogP contribution in [0.4, 0.5) is 0 Å². The number of methoxy groups -OCH3 is 1. The Morgan fingerprint density at radius 1 is 1.20 bits per heavy atom. The van der Waals surface area contributed by atoms with Gasteiger partial charge in [-0.05, 0) is 61.8 Å². The van der Waals surface area contributed by atoms with Crippen molar-refractivity contribution in [2.45, 2.75) is 25.2 Å². The lowest BCUT2D eigenvalue weighted by atomic mass is 9.92. The summed E-state index contributed by atoms with van der Waals surface area (Å²) in [4.78, 5) is 13.1. The summed E-state index contributed by atoms with van der Waals surface area (Å²) in [6, 6.07) is 11.3. The number of fused-ring (bicyclic) bond motifs is 1. The highest BCUT2D eigenvalue weighted by Crippen LogP contribution is 2.34. The first kappa shape index (κ1) is 20.7. The average Bonchev–Trinajstić information content (AvgIpc) is 3.18. The summed E-state index contributed by atoms with van der Waals surface area (Å²) < 4.78 is 17.0. The van der Waals surface area contributed by atoms with Crippen molar-refractivity contribution in [3.63, 3.8) is 0 Å². The lowest BCUT2D eigenvalue weighted by molar-refractivity contribution is -0.107. The van der Waals surface area contributed by atoms with E-state index in [4.69, 9.17) is 25.6 Å². The quantitative estimate of drug-likeness (QED) is 0.492. The molecule has 6 nitrogen and oxygen atoms in total. The molecule has 0 unspecified atom stereocenters. The van der Waals surface area contributed by atoms with Gasteiger partial charge in [0.25, 0.3) is 0 Å². The maximum Gasteiger partial charge on any atom is 0.161 e. The Bertz CT molecular complexity index is 1010. The number of hydrogen-bond acceptors (Lipinski definition) is 6. The molecule has 1 aromatic heterocycles. The SMILES string of the molecule is COc1cc(CC=O)ccc1OCCN1CCC(c2onc3cc(Cl)ccc23)CC1. The average molecular weight is 429 g/mol. The number of aldehydes is 1. The third-order valence-corrected chi connectivity index (χ3v) is 5.87. The molecule has 2 heterocycles. The lowest BCUT2D eigenvalue weighted by Crippen LogP contribution is -2.35. The smallest absolute Gasteiger partial charge is 0.161 e. The zero-order valence-electron chi connectivity index (χ0n) is 17.0. The highest BCUT2D eigenvalue weighted by molar-refractivity contribution is 6.31.